The van der Waals surface area contributed by atoms with Crippen LogP contribution in [0.15, 0.2) is 12.3 Å². The van der Waals surface area contributed by atoms with Gasteiger partial charge in [-0.2, -0.15) is 0 Å². The largest absolute Gasteiger partial charge is 0.496 e. The molecule has 1 nitrogen and oxygen atoms in total. The van der Waals surface area contributed by atoms with Crippen molar-refractivity contribution >= 4 is 0 Å². The minimum absolute atomic E-state index is 0.280. The van der Waals surface area contributed by atoms with Crippen LogP contribution in [-0.2, 0) is 4.74 Å². The molecule has 0 aromatic heterocycles. The molecule has 1 heteroatoms. The molecule has 0 heterocycles. The summed E-state index contributed by atoms with van der Waals surface area (Å²) in [5.41, 5.74) is 0. The van der Waals surface area contributed by atoms with E-state index in [2.05, 4.69) is 6.58 Å². The number of rotatable bonds is 3. The lowest BCUT2D eigenvalue weighted by Crippen LogP contribution is -1.99. The molecule has 0 saturated heterocycles. The third-order valence-corrected chi connectivity index (χ3v) is 0.797. The van der Waals surface area contributed by atoms with E-state index in [-0.39, 0.29) is 6.10 Å². The minimum Gasteiger partial charge on any atom is -0.496 e. The maximum atomic E-state index is 5.20. The molecule has 0 rings (SSSR count). The van der Waals surface area contributed by atoms with E-state index < -0.39 is 0 Å². The van der Waals surface area contributed by atoms with Gasteiger partial charge in [-0.3, -0.25) is 0 Å². The molecule has 0 saturated carbocycles. The van der Waals surface area contributed by atoms with E-state index in [9.17, 15) is 0 Å². The predicted molar refractivity (Wildman–Crippen MR) is 35.7 cm³/mol. The molecule has 0 atom stereocenters. The quantitative estimate of drug-likeness (QED) is 0.512. The van der Waals surface area contributed by atoms with Crippen LogP contribution in [0.5, 0.6) is 0 Å². The maximum Gasteiger partial charge on any atom is 0.0926 e. The van der Waals surface area contributed by atoms with Gasteiger partial charge in [0.25, 0.3) is 0 Å². The van der Waals surface area contributed by atoms with Crippen LogP contribution in [0.25, 0.3) is 0 Å². The van der Waals surface area contributed by atoms with Crippen LogP contribution in [0, 0.1) is 0 Å². The first kappa shape index (κ1) is 7.54. The van der Waals surface area contributed by atoms with E-state index in [0.717, 1.165) is 12.2 Å². The fourth-order valence-corrected chi connectivity index (χ4v) is 0.417. The SMILES string of the molecule is C=C(CC)OC(C)C. The Morgan fingerprint density at radius 1 is 1.62 bits per heavy atom. The standard InChI is InChI=1S/C7H14O/c1-5-7(4)8-6(2)3/h6H,4-5H2,1-3H3. The Balaban J connectivity index is 3.25. The second-order valence-electron chi connectivity index (χ2n) is 2.06. The number of allylic oxidation sites excluding steroid dienone is 1. The first-order valence-corrected chi connectivity index (χ1v) is 3.01. The van der Waals surface area contributed by atoms with Crippen LogP contribution in [-0.4, -0.2) is 6.10 Å². The lowest BCUT2D eigenvalue weighted by atomic mass is 10.4. The summed E-state index contributed by atoms with van der Waals surface area (Å²) < 4.78 is 5.20. The topological polar surface area (TPSA) is 9.23 Å². The summed E-state index contributed by atoms with van der Waals surface area (Å²) in [5.74, 6) is 0.875. The fourth-order valence-electron chi connectivity index (χ4n) is 0.417. The van der Waals surface area contributed by atoms with Gasteiger partial charge in [0.1, 0.15) is 0 Å². The zero-order valence-electron chi connectivity index (χ0n) is 5.90. The highest BCUT2D eigenvalue weighted by Gasteiger charge is 1.92. The zero-order valence-corrected chi connectivity index (χ0v) is 5.90. The van der Waals surface area contributed by atoms with Gasteiger partial charge in [-0.25, -0.2) is 0 Å². The summed E-state index contributed by atoms with van der Waals surface area (Å²) in [6.45, 7) is 9.73. The molecule has 48 valence electrons. The molecular weight excluding hydrogens is 100 g/mol. The Hall–Kier alpha value is -0.460. The molecule has 0 bridgehead atoms. The van der Waals surface area contributed by atoms with E-state index in [1.165, 1.54) is 0 Å². The van der Waals surface area contributed by atoms with Gasteiger partial charge < -0.3 is 4.74 Å². The van der Waals surface area contributed by atoms with Gasteiger partial charge in [-0.1, -0.05) is 13.5 Å². The second kappa shape index (κ2) is 3.53. The van der Waals surface area contributed by atoms with Gasteiger partial charge >= 0.3 is 0 Å². The highest BCUT2D eigenvalue weighted by molar-refractivity contribution is 4.80. The highest BCUT2D eigenvalue weighted by atomic mass is 16.5. The molecule has 0 N–H and O–H groups in total. The van der Waals surface area contributed by atoms with E-state index in [4.69, 9.17) is 4.74 Å². The summed E-state index contributed by atoms with van der Waals surface area (Å²) in [6.07, 6.45) is 1.19. The van der Waals surface area contributed by atoms with Crippen molar-refractivity contribution in [3.05, 3.63) is 12.3 Å². The van der Waals surface area contributed by atoms with Crippen LogP contribution >= 0.6 is 0 Å². The van der Waals surface area contributed by atoms with Gasteiger partial charge in [-0.05, 0) is 13.8 Å². The molecular formula is C7H14O. The van der Waals surface area contributed by atoms with Crippen molar-refractivity contribution in [1.29, 1.82) is 0 Å². The third kappa shape index (κ3) is 3.72. The van der Waals surface area contributed by atoms with Crippen molar-refractivity contribution in [2.45, 2.75) is 33.3 Å². The smallest absolute Gasteiger partial charge is 0.0926 e. The average molecular weight is 114 g/mol. The van der Waals surface area contributed by atoms with E-state index in [1.54, 1.807) is 0 Å². The Morgan fingerprint density at radius 3 is 2.25 bits per heavy atom. The molecule has 0 radical (unpaired) electrons. The zero-order chi connectivity index (χ0) is 6.57. The third-order valence-electron chi connectivity index (χ3n) is 0.797. The highest BCUT2D eigenvalue weighted by Crippen LogP contribution is 2.01. The molecule has 0 spiro atoms. The molecule has 8 heavy (non-hydrogen) atoms. The molecule has 0 unspecified atom stereocenters. The van der Waals surface area contributed by atoms with Crippen LogP contribution < -0.4 is 0 Å². The van der Waals surface area contributed by atoms with Gasteiger partial charge in [0.05, 0.1) is 11.9 Å². The van der Waals surface area contributed by atoms with Crippen LogP contribution in [0.1, 0.15) is 27.2 Å². The van der Waals surface area contributed by atoms with Crippen LogP contribution in [0.3, 0.4) is 0 Å². The molecule has 0 aliphatic carbocycles. The molecule has 0 fully saturated rings. The lowest BCUT2D eigenvalue weighted by Gasteiger charge is -2.09. The van der Waals surface area contributed by atoms with Gasteiger partial charge in [0.15, 0.2) is 0 Å². The summed E-state index contributed by atoms with van der Waals surface area (Å²) >= 11 is 0. The molecule has 0 aromatic carbocycles. The summed E-state index contributed by atoms with van der Waals surface area (Å²) in [4.78, 5) is 0. The Morgan fingerprint density at radius 2 is 2.12 bits per heavy atom. The van der Waals surface area contributed by atoms with Crippen LogP contribution in [0.2, 0.25) is 0 Å². The van der Waals surface area contributed by atoms with E-state index in [1.807, 2.05) is 20.8 Å². The maximum absolute atomic E-state index is 5.20. The van der Waals surface area contributed by atoms with Gasteiger partial charge in [0.2, 0.25) is 0 Å². The summed E-state index contributed by atoms with van der Waals surface area (Å²) in [5, 5.41) is 0. The monoisotopic (exact) mass is 114 g/mol. The average Bonchev–Trinajstić information content (AvgIpc) is 1.65. The van der Waals surface area contributed by atoms with Crippen molar-refractivity contribution in [1.82, 2.24) is 0 Å². The molecule has 0 aliphatic heterocycles. The predicted octanol–water partition coefficient (Wildman–Crippen LogP) is 2.34. The van der Waals surface area contributed by atoms with E-state index >= 15 is 0 Å². The molecule has 0 aliphatic rings. The van der Waals surface area contributed by atoms with Crippen molar-refractivity contribution in [2.75, 3.05) is 0 Å². The normalized spacial score (nSPS) is 9.50. The van der Waals surface area contributed by atoms with Crippen molar-refractivity contribution < 1.29 is 4.74 Å². The second-order valence-corrected chi connectivity index (χ2v) is 2.06. The summed E-state index contributed by atoms with van der Waals surface area (Å²) in [7, 11) is 0. The Labute approximate surface area is 51.4 Å². The number of hydrogen-bond acceptors (Lipinski definition) is 1. The Bertz CT molecular complexity index is 74.5. The minimum atomic E-state index is 0.280. The first-order valence-electron chi connectivity index (χ1n) is 3.01. The van der Waals surface area contributed by atoms with Crippen LogP contribution in [0.4, 0.5) is 0 Å². The van der Waals surface area contributed by atoms with Gasteiger partial charge in [0, 0.05) is 6.42 Å². The first-order chi connectivity index (χ1) is 3.66. The number of hydrogen-bond donors (Lipinski definition) is 0. The van der Waals surface area contributed by atoms with Crippen molar-refractivity contribution in [3.8, 4) is 0 Å². The lowest BCUT2D eigenvalue weighted by molar-refractivity contribution is 0.143. The van der Waals surface area contributed by atoms with Crippen molar-refractivity contribution in [2.24, 2.45) is 0 Å². The van der Waals surface area contributed by atoms with Crippen molar-refractivity contribution in [3.63, 3.8) is 0 Å². The fraction of sp³-hybridized carbons (Fsp3) is 0.714. The summed E-state index contributed by atoms with van der Waals surface area (Å²) in [6, 6.07) is 0. The Kier molecular flexibility index (Phi) is 3.33. The van der Waals surface area contributed by atoms with E-state index in [0.29, 0.717) is 0 Å². The van der Waals surface area contributed by atoms with Gasteiger partial charge in [-0.15, -0.1) is 0 Å². The molecule has 0 aromatic rings. The molecule has 0 amide bonds. The number of ether oxygens (including phenoxy) is 1.